The van der Waals surface area contributed by atoms with Gasteiger partial charge in [0.05, 0.1) is 18.6 Å². The molecule has 1 N–H and O–H groups in total. The molecule has 0 fully saturated rings. The average Bonchev–Trinajstić information content (AvgIpc) is 2.48. The first kappa shape index (κ1) is 17.0. The van der Waals surface area contributed by atoms with Crippen molar-refractivity contribution in [3.63, 3.8) is 0 Å². The highest BCUT2D eigenvalue weighted by Crippen LogP contribution is 2.25. The number of sulfone groups is 1. The maximum absolute atomic E-state index is 13.1. The fraction of sp³-hybridized carbons (Fsp3) is 0.188. The summed E-state index contributed by atoms with van der Waals surface area (Å²) in [5.74, 6) is -0.737. The van der Waals surface area contributed by atoms with Crippen molar-refractivity contribution in [1.29, 1.82) is 0 Å². The van der Waals surface area contributed by atoms with Crippen molar-refractivity contribution < 1.29 is 22.3 Å². The van der Waals surface area contributed by atoms with Crippen LogP contribution in [0.3, 0.4) is 0 Å². The molecule has 2 aromatic carbocycles. The van der Waals surface area contributed by atoms with Gasteiger partial charge >= 0.3 is 0 Å². The summed E-state index contributed by atoms with van der Waals surface area (Å²) in [4.78, 5) is 12.2. The molecule has 0 unspecified atom stereocenters. The first-order chi connectivity index (χ1) is 10.8. The molecular weight excluding hydrogens is 321 g/mol. The van der Waals surface area contributed by atoms with Crippen molar-refractivity contribution in [2.75, 3.05) is 18.7 Å². The van der Waals surface area contributed by atoms with E-state index in [1.54, 1.807) is 12.1 Å². The summed E-state index contributed by atoms with van der Waals surface area (Å²) >= 11 is 0. The van der Waals surface area contributed by atoms with Gasteiger partial charge in [0.15, 0.2) is 9.84 Å². The first-order valence-electron chi connectivity index (χ1n) is 6.70. The van der Waals surface area contributed by atoms with Crippen LogP contribution in [0, 0.1) is 5.82 Å². The molecule has 0 spiro atoms. The van der Waals surface area contributed by atoms with Crippen molar-refractivity contribution in [2.24, 2.45) is 0 Å². The van der Waals surface area contributed by atoms with Gasteiger partial charge in [-0.05, 0) is 29.8 Å². The number of carbonyl (C=O) groups is 1. The summed E-state index contributed by atoms with van der Waals surface area (Å²) in [6.07, 6.45) is 1.15. The van der Waals surface area contributed by atoms with Crippen LogP contribution in [0.1, 0.15) is 15.9 Å². The summed E-state index contributed by atoms with van der Waals surface area (Å²) in [5, 5.41) is 2.62. The molecule has 0 heterocycles. The maximum atomic E-state index is 13.1. The van der Waals surface area contributed by atoms with E-state index in [1.165, 1.54) is 37.4 Å². The van der Waals surface area contributed by atoms with E-state index in [-0.39, 0.29) is 11.5 Å². The highest BCUT2D eigenvalue weighted by Gasteiger charge is 2.11. The second kappa shape index (κ2) is 6.78. The molecule has 1 amide bonds. The van der Waals surface area contributed by atoms with Crippen LogP contribution in [0.4, 0.5) is 10.1 Å². The van der Waals surface area contributed by atoms with E-state index >= 15 is 0 Å². The number of amides is 1. The van der Waals surface area contributed by atoms with Crippen molar-refractivity contribution in [3.8, 4) is 5.75 Å². The Bertz CT molecular complexity index is 816. The fourth-order valence-corrected chi connectivity index (χ4v) is 2.82. The summed E-state index contributed by atoms with van der Waals surface area (Å²) in [6.45, 7) is 0. The lowest BCUT2D eigenvalue weighted by molar-refractivity contribution is 0.102. The van der Waals surface area contributed by atoms with Crippen molar-refractivity contribution in [2.45, 2.75) is 5.75 Å². The Kier molecular flexibility index (Phi) is 5.00. The number of methoxy groups -OCH3 is 1. The van der Waals surface area contributed by atoms with Crippen molar-refractivity contribution in [3.05, 3.63) is 59.4 Å². The van der Waals surface area contributed by atoms with Gasteiger partial charge in [0.2, 0.25) is 0 Å². The van der Waals surface area contributed by atoms with Gasteiger partial charge in [0, 0.05) is 17.9 Å². The second-order valence-electron chi connectivity index (χ2n) is 5.07. The molecule has 0 aliphatic heterocycles. The zero-order chi connectivity index (χ0) is 17.0. The van der Waals surface area contributed by atoms with Crippen LogP contribution in [0.5, 0.6) is 5.75 Å². The molecule has 23 heavy (non-hydrogen) atoms. The lowest BCUT2D eigenvalue weighted by atomic mass is 10.1. The van der Waals surface area contributed by atoms with E-state index in [0.29, 0.717) is 16.8 Å². The third-order valence-corrected chi connectivity index (χ3v) is 3.91. The van der Waals surface area contributed by atoms with Gasteiger partial charge in [-0.25, -0.2) is 12.8 Å². The molecule has 2 rings (SSSR count). The van der Waals surface area contributed by atoms with E-state index in [1.807, 2.05) is 0 Å². The lowest BCUT2D eigenvalue weighted by Crippen LogP contribution is -2.13. The Morgan fingerprint density at radius 1 is 1.17 bits per heavy atom. The van der Waals surface area contributed by atoms with E-state index in [2.05, 4.69) is 5.32 Å². The molecule has 2 aromatic rings. The van der Waals surface area contributed by atoms with Crippen molar-refractivity contribution >= 4 is 21.4 Å². The van der Waals surface area contributed by atoms with E-state index in [9.17, 15) is 17.6 Å². The van der Waals surface area contributed by atoms with Gasteiger partial charge in [-0.3, -0.25) is 4.79 Å². The number of hydrogen-bond donors (Lipinski definition) is 1. The number of halogens is 1. The van der Waals surface area contributed by atoms with Gasteiger partial charge in [-0.2, -0.15) is 0 Å². The summed E-state index contributed by atoms with van der Waals surface area (Å²) in [7, 11) is -1.75. The smallest absolute Gasteiger partial charge is 0.255 e. The fourth-order valence-electron chi connectivity index (χ4n) is 2.02. The highest BCUT2D eigenvalue weighted by atomic mass is 32.2. The second-order valence-corrected chi connectivity index (χ2v) is 7.21. The Morgan fingerprint density at radius 2 is 1.83 bits per heavy atom. The SMILES string of the molecule is COc1cc(F)ccc1NC(=O)c1ccc(CS(C)(=O)=O)cc1. The molecule has 0 aromatic heterocycles. The van der Waals surface area contributed by atoms with Gasteiger partial charge in [0.25, 0.3) is 5.91 Å². The van der Waals surface area contributed by atoms with Crippen LogP contribution in [0.15, 0.2) is 42.5 Å². The van der Waals surface area contributed by atoms with Gasteiger partial charge in [-0.15, -0.1) is 0 Å². The molecule has 0 bridgehead atoms. The lowest BCUT2D eigenvalue weighted by Gasteiger charge is -2.10. The maximum Gasteiger partial charge on any atom is 0.255 e. The summed E-state index contributed by atoms with van der Waals surface area (Å²) < 4.78 is 40.6. The predicted molar refractivity (Wildman–Crippen MR) is 85.9 cm³/mol. The topological polar surface area (TPSA) is 72.5 Å². The number of carbonyl (C=O) groups excluding carboxylic acids is 1. The standard InChI is InChI=1S/C16H16FNO4S/c1-22-15-9-13(17)7-8-14(15)18-16(19)12-5-3-11(4-6-12)10-23(2,20)21/h3-9H,10H2,1-2H3,(H,18,19). The Balaban J connectivity index is 2.15. The molecule has 0 aliphatic carbocycles. The number of benzene rings is 2. The van der Waals surface area contributed by atoms with Gasteiger partial charge < -0.3 is 10.1 Å². The van der Waals surface area contributed by atoms with Crippen LogP contribution < -0.4 is 10.1 Å². The molecule has 0 saturated carbocycles. The minimum Gasteiger partial charge on any atom is -0.494 e. The number of anilines is 1. The van der Waals surface area contributed by atoms with Gasteiger partial charge in [-0.1, -0.05) is 12.1 Å². The van der Waals surface area contributed by atoms with E-state index < -0.39 is 21.6 Å². The molecule has 0 atom stereocenters. The number of rotatable bonds is 5. The van der Waals surface area contributed by atoms with Crippen LogP contribution in [-0.4, -0.2) is 27.7 Å². The Hall–Kier alpha value is -2.41. The molecule has 0 saturated heterocycles. The quantitative estimate of drug-likeness (QED) is 0.910. The summed E-state index contributed by atoms with van der Waals surface area (Å²) in [5.41, 5.74) is 1.30. The predicted octanol–water partition coefficient (Wildman–Crippen LogP) is 2.63. The number of hydrogen-bond acceptors (Lipinski definition) is 4. The van der Waals surface area contributed by atoms with E-state index in [0.717, 1.165) is 6.26 Å². The molecule has 0 aliphatic rings. The van der Waals surface area contributed by atoms with Crippen LogP contribution in [0.2, 0.25) is 0 Å². The van der Waals surface area contributed by atoms with Crippen LogP contribution >= 0.6 is 0 Å². The average molecular weight is 337 g/mol. The zero-order valence-corrected chi connectivity index (χ0v) is 13.5. The van der Waals surface area contributed by atoms with Crippen molar-refractivity contribution in [1.82, 2.24) is 0 Å². The van der Waals surface area contributed by atoms with Gasteiger partial charge in [0.1, 0.15) is 11.6 Å². The largest absolute Gasteiger partial charge is 0.494 e. The van der Waals surface area contributed by atoms with Crippen LogP contribution in [-0.2, 0) is 15.6 Å². The molecule has 5 nitrogen and oxygen atoms in total. The minimum atomic E-state index is -3.12. The summed E-state index contributed by atoms with van der Waals surface area (Å²) in [6, 6.07) is 10.0. The molecule has 122 valence electrons. The van der Waals surface area contributed by atoms with Crippen LogP contribution in [0.25, 0.3) is 0 Å². The molecule has 7 heteroatoms. The number of nitrogens with one attached hydrogen (secondary N) is 1. The normalized spacial score (nSPS) is 11.1. The minimum absolute atomic E-state index is 0.0827. The first-order valence-corrected chi connectivity index (χ1v) is 8.76. The highest BCUT2D eigenvalue weighted by molar-refractivity contribution is 7.89. The molecular formula is C16H16FNO4S. The third-order valence-electron chi connectivity index (χ3n) is 3.06. The van der Waals surface area contributed by atoms with E-state index in [4.69, 9.17) is 4.74 Å². The third kappa shape index (κ3) is 4.79. The Labute approximate surface area is 134 Å². The monoisotopic (exact) mass is 337 g/mol. The Morgan fingerprint density at radius 3 is 2.39 bits per heavy atom. The zero-order valence-electron chi connectivity index (χ0n) is 12.7. The number of ether oxygens (including phenoxy) is 1. The molecule has 0 radical (unpaired) electrons.